The Morgan fingerprint density at radius 1 is 1.14 bits per heavy atom. The normalized spacial score (nSPS) is 15.6. The number of likely N-dealkylation sites (N-methyl/N-ethyl adjacent to an activating group) is 1. The molecule has 1 N–H and O–H groups in total. The highest BCUT2D eigenvalue weighted by atomic mass is 19.1. The van der Waals surface area contributed by atoms with Crippen LogP contribution >= 0.6 is 0 Å². The van der Waals surface area contributed by atoms with Crippen molar-refractivity contribution in [2.75, 3.05) is 37.4 Å². The van der Waals surface area contributed by atoms with Gasteiger partial charge < -0.3 is 15.1 Å². The highest BCUT2D eigenvalue weighted by Gasteiger charge is 2.41. The Labute approximate surface area is 168 Å². The number of hydrogen-bond acceptors (Lipinski definition) is 6. The third-order valence-corrected chi connectivity index (χ3v) is 5.76. The second kappa shape index (κ2) is 7.18. The standard InChI is InChI=1S/C21H24F2N6/c1-13-17-10-24-19(29-11-21(2,12-29)28(3)4)8-16(17)20(27-26-13)25-9-14-5-6-15(22)7-18(14)23/h5-8,10H,9,11-12H2,1-4H3,(H,25,27). The van der Waals surface area contributed by atoms with Gasteiger partial charge in [0.2, 0.25) is 0 Å². The van der Waals surface area contributed by atoms with Crippen LogP contribution in [0, 0.1) is 18.6 Å². The Morgan fingerprint density at radius 3 is 2.59 bits per heavy atom. The fourth-order valence-corrected chi connectivity index (χ4v) is 3.53. The van der Waals surface area contributed by atoms with E-state index in [1.54, 1.807) is 0 Å². The Kier molecular flexibility index (Phi) is 4.82. The maximum atomic E-state index is 14.0. The molecule has 6 nitrogen and oxygen atoms in total. The summed E-state index contributed by atoms with van der Waals surface area (Å²) in [5.41, 5.74) is 1.27. The van der Waals surface area contributed by atoms with E-state index in [1.807, 2.05) is 19.2 Å². The molecule has 3 aromatic rings. The largest absolute Gasteiger partial charge is 0.364 e. The van der Waals surface area contributed by atoms with Crippen LogP contribution in [-0.2, 0) is 6.54 Å². The fourth-order valence-electron chi connectivity index (χ4n) is 3.53. The van der Waals surface area contributed by atoms with E-state index in [0.717, 1.165) is 41.4 Å². The molecule has 0 saturated carbocycles. The van der Waals surface area contributed by atoms with Crippen molar-refractivity contribution in [2.45, 2.75) is 25.9 Å². The Hall–Kier alpha value is -2.87. The summed E-state index contributed by atoms with van der Waals surface area (Å²) in [6, 6.07) is 5.54. The zero-order valence-corrected chi connectivity index (χ0v) is 17.0. The molecular weight excluding hydrogens is 374 g/mol. The maximum absolute atomic E-state index is 14.0. The van der Waals surface area contributed by atoms with E-state index in [4.69, 9.17) is 0 Å². The van der Waals surface area contributed by atoms with Crippen molar-refractivity contribution in [1.82, 2.24) is 20.1 Å². The molecule has 152 valence electrons. The van der Waals surface area contributed by atoms with Crippen molar-refractivity contribution in [3.8, 4) is 0 Å². The van der Waals surface area contributed by atoms with Crippen LogP contribution in [0.25, 0.3) is 10.8 Å². The van der Waals surface area contributed by atoms with E-state index in [9.17, 15) is 8.78 Å². The highest BCUT2D eigenvalue weighted by Crippen LogP contribution is 2.32. The van der Waals surface area contributed by atoms with Crippen molar-refractivity contribution in [3.05, 3.63) is 53.4 Å². The van der Waals surface area contributed by atoms with E-state index in [-0.39, 0.29) is 12.1 Å². The average molecular weight is 398 g/mol. The molecule has 1 aliphatic heterocycles. The van der Waals surface area contributed by atoms with Crippen LogP contribution in [0.1, 0.15) is 18.2 Å². The van der Waals surface area contributed by atoms with Gasteiger partial charge in [0.05, 0.1) is 11.2 Å². The topological polar surface area (TPSA) is 57.2 Å². The van der Waals surface area contributed by atoms with Crippen LogP contribution in [0.4, 0.5) is 20.4 Å². The van der Waals surface area contributed by atoms with Gasteiger partial charge in [-0.2, -0.15) is 5.10 Å². The van der Waals surface area contributed by atoms with Crippen LogP contribution in [0.15, 0.2) is 30.5 Å². The number of halogens is 2. The van der Waals surface area contributed by atoms with Gasteiger partial charge >= 0.3 is 0 Å². The maximum Gasteiger partial charge on any atom is 0.157 e. The van der Waals surface area contributed by atoms with Gasteiger partial charge in [0.25, 0.3) is 0 Å². The van der Waals surface area contributed by atoms with Crippen LogP contribution < -0.4 is 10.2 Å². The molecule has 4 rings (SSSR count). The second-order valence-corrected chi connectivity index (χ2v) is 8.06. The molecule has 1 aliphatic rings. The number of benzene rings is 1. The number of aromatic nitrogens is 3. The first-order valence-corrected chi connectivity index (χ1v) is 9.50. The molecule has 0 radical (unpaired) electrons. The zero-order valence-electron chi connectivity index (χ0n) is 17.0. The number of rotatable bonds is 5. The number of anilines is 2. The SMILES string of the molecule is Cc1nnc(NCc2ccc(F)cc2F)c2cc(N3CC(C)(N(C)C)C3)ncc12. The van der Waals surface area contributed by atoms with Crippen molar-refractivity contribution in [2.24, 2.45) is 0 Å². The van der Waals surface area contributed by atoms with Gasteiger partial charge in [0, 0.05) is 48.2 Å². The van der Waals surface area contributed by atoms with Crippen molar-refractivity contribution in [1.29, 1.82) is 0 Å². The van der Waals surface area contributed by atoms with Crippen molar-refractivity contribution in [3.63, 3.8) is 0 Å². The molecule has 29 heavy (non-hydrogen) atoms. The molecule has 3 heterocycles. The first-order valence-electron chi connectivity index (χ1n) is 9.50. The summed E-state index contributed by atoms with van der Waals surface area (Å²) in [4.78, 5) is 9.06. The fraction of sp³-hybridized carbons (Fsp3) is 0.381. The van der Waals surface area contributed by atoms with Crippen LogP contribution in [-0.4, -0.2) is 52.8 Å². The Morgan fingerprint density at radius 2 is 1.90 bits per heavy atom. The molecule has 2 aromatic heterocycles. The number of hydrogen-bond donors (Lipinski definition) is 1. The summed E-state index contributed by atoms with van der Waals surface area (Å²) in [6.07, 6.45) is 1.81. The predicted molar refractivity (Wildman–Crippen MR) is 110 cm³/mol. The number of aryl methyl sites for hydroxylation is 1. The number of fused-ring (bicyclic) bond motifs is 1. The molecule has 0 spiro atoms. The van der Waals surface area contributed by atoms with Crippen LogP contribution in [0.2, 0.25) is 0 Å². The van der Waals surface area contributed by atoms with E-state index in [2.05, 4.69) is 51.3 Å². The Balaban J connectivity index is 1.61. The van der Waals surface area contributed by atoms with Gasteiger partial charge in [-0.15, -0.1) is 5.10 Å². The summed E-state index contributed by atoms with van der Waals surface area (Å²) in [5, 5.41) is 13.3. The van der Waals surface area contributed by atoms with Gasteiger partial charge in [-0.1, -0.05) is 6.07 Å². The number of nitrogens with zero attached hydrogens (tertiary/aromatic N) is 5. The second-order valence-electron chi connectivity index (χ2n) is 8.06. The lowest BCUT2D eigenvalue weighted by Crippen LogP contribution is -2.67. The molecule has 8 heteroatoms. The lowest BCUT2D eigenvalue weighted by molar-refractivity contribution is 0.132. The van der Waals surface area contributed by atoms with Crippen molar-refractivity contribution >= 4 is 22.4 Å². The van der Waals surface area contributed by atoms with E-state index >= 15 is 0 Å². The lowest BCUT2D eigenvalue weighted by atomic mass is 9.91. The quantitative estimate of drug-likeness (QED) is 0.711. The lowest BCUT2D eigenvalue weighted by Gasteiger charge is -2.52. The van der Waals surface area contributed by atoms with E-state index < -0.39 is 11.6 Å². The van der Waals surface area contributed by atoms with Gasteiger partial charge in [-0.3, -0.25) is 0 Å². The molecule has 0 bridgehead atoms. The van der Waals surface area contributed by atoms with Gasteiger partial charge in [0.1, 0.15) is 17.5 Å². The van der Waals surface area contributed by atoms with Crippen molar-refractivity contribution < 1.29 is 8.78 Å². The molecule has 0 unspecified atom stereocenters. The van der Waals surface area contributed by atoms with Gasteiger partial charge in [0.15, 0.2) is 5.82 Å². The first kappa shape index (κ1) is 19.4. The van der Waals surface area contributed by atoms with Crippen LogP contribution in [0.3, 0.4) is 0 Å². The molecule has 0 amide bonds. The summed E-state index contributed by atoms with van der Waals surface area (Å²) < 4.78 is 27.1. The Bertz CT molecular complexity index is 1060. The van der Waals surface area contributed by atoms with E-state index in [0.29, 0.717) is 11.4 Å². The summed E-state index contributed by atoms with van der Waals surface area (Å²) >= 11 is 0. The predicted octanol–water partition coefficient (Wildman–Crippen LogP) is 3.36. The third-order valence-electron chi connectivity index (χ3n) is 5.76. The van der Waals surface area contributed by atoms with Gasteiger partial charge in [-0.05, 0) is 40.1 Å². The molecule has 1 fully saturated rings. The average Bonchev–Trinajstić information content (AvgIpc) is 2.65. The minimum absolute atomic E-state index is 0.129. The minimum atomic E-state index is -0.596. The molecule has 0 aliphatic carbocycles. The number of pyridine rings is 1. The number of nitrogens with one attached hydrogen (secondary N) is 1. The highest BCUT2D eigenvalue weighted by molar-refractivity contribution is 5.94. The molecule has 1 saturated heterocycles. The van der Waals surface area contributed by atoms with Crippen LogP contribution in [0.5, 0.6) is 0 Å². The summed E-state index contributed by atoms with van der Waals surface area (Å²) in [6.45, 7) is 6.06. The van der Waals surface area contributed by atoms with Gasteiger partial charge in [-0.25, -0.2) is 13.8 Å². The summed E-state index contributed by atoms with van der Waals surface area (Å²) in [7, 11) is 4.17. The smallest absolute Gasteiger partial charge is 0.157 e. The third kappa shape index (κ3) is 3.60. The zero-order chi connectivity index (χ0) is 20.8. The first-order chi connectivity index (χ1) is 13.8. The summed E-state index contributed by atoms with van der Waals surface area (Å²) in [5.74, 6) is 0.240. The minimum Gasteiger partial charge on any atom is -0.364 e. The molecule has 0 atom stereocenters. The monoisotopic (exact) mass is 398 g/mol. The van der Waals surface area contributed by atoms with E-state index in [1.165, 1.54) is 12.1 Å². The molecule has 1 aromatic carbocycles. The molecular formula is C21H24F2N6.